The fraction of sp³-hybridized carbons (Fsp3) is 0.227. The molecule has 144 valence electrons. The van der Waals surface area contributed by atoms with E-state index in [-0.39, 0.29) is 12.6 Å². The average molecular weight is 377 g/mol. The average Bonchev–Trinajstić information content (AvgIpc) is 3.20. The second kappa shape index (κ2) is 8.99. The molecule has 6 nitrogen and oxygen atoms in total. The van der Waals surface area contributed by atoms with E-state index in [0.29, 0.717) is 5.69 Å². The van der Waals surface area contributed by atoms with Gasteiger partial charge in [0, 0.05) is 30.2 Å². The van der Waals surface area contributed by atoms with Crippen LogP contribution >= 0.6 is 0 Å². The van der Waals surface area contributed by atoms with E-state index in [2.05, 4.69) is 10.3 Å². The zero-order valence-electron chi connectivity index (χ0n) is 15.9. The molecular formula is C22H23N3O3. The third-order valence-corrected chi connectivity index (χ3v) is 4.18. The minimum atomic E-state index is -0.986. The fourth-order valence-electron chi connectivity index (χ4n) is 2.87. The third kappa shape index (κ3) is 4.85. The second-order valence-corrected chi connectivity index (χ2v) is 6.70. The number of para-hydroxylation sites is 1. The van der Waals surface area contributed by atoms with Crippen molar-refractivity contribution in [2.75, 3.05) is 5.32 Å². The topological polar surface area (TPSA) is 73.2 Å². The van der Waals surface area contributed by atoms with Gasteiger partial charge in [0.2, 0.25) is 5.91 Å². The summed E-state index contributed by atoms with van der Waals surface area (Å²) in [6, 6.07) is 17.3. The molecule has 6 heteroatoms. The lowest BCUT2D eigenvalue weighted by Crippen LogP contribution is -2.35. The van der Waals surface area contributed by atoms with Crippen LogP contribution in [-0.2, 0) is 20.9 Å². The van der Waals surface area contributed by atoms with E-state index in [1.165, 1.54) is 0 Å². The Balaban J connectivity index is 1.85. The molecule has 0 saturated carbocycles. The standard InChI is InChI=1S/C22H23N3O3/c1-16(2)28-22(27)19(14-25-13-12-23-15-25)21(26)24-20-11-7-6-10-18(20)17-8-4-3-5-9-17/h3-13,15-16,19H,14H2,1-2H3,(H,24,26)/t19-/m0/s1. The number of ether oxygens (including phenoxy) is 1. The number of esters is 1. The molecule has 0 spiro atoms. The monoisotopic (exact) mass is 377 g/mol. The van der Waals surface area contributed by atoms with E-state index >= 15 is 0 Å². The van der Waals surface area contributed by atoms with Crippen molar-refractivity contribution in [1.29, 1.82) is 0 Å². The number of carbonyl (C=O) groups is 2. The van der Waals surface area contributed by atoms with Gasteiger partial charge in [0.05, 0.1) is 12.4 Å². The Kier molecular flexibility index (Phi) is 6.22. The summed E-state index contributed by atoms with van der Waals surface area (Å²) in [5.74, 6) is -1.96. The molecule has 0 radical (unpaired) electrons. The zero-order valence-corrected chi connectivity index (χ0v) is 15.9. The van der Waals surface area contributed by atoms with Crippen LogP contribution in [0, 0.1) is 5.92 Å². The zero-order chi connectivity index (χ0) is 19.9. The van der Waals surface area contributed by atoms with Gasteiger partial charge >= 0.3 is 5.97 Å². The van der Waals surface area contributed by atoms with Gasteiger partial charge in [-0.15, -0.1) is 0 Å². The first kappa shape index (κ1) is 19.4. The molecule has 3 aromatic rings. The lowest BCUT2D eigenvalue weighted by atomic mass is 10.0. The summed E-state index contributed by atoms with van der Waals surface area (Å²) >= 11 is 0. The van der Waals surface area contributed by atoms with Gasteiger partial charge in [-0.25, -0.2) is 4.98 Å². The van der Waals surface area contributed by atoms with Crippen LogP contribution in [0.2, 0.25) is 0 Å². The molecule has 0 fully saturated rings. The number of imidazole rings is 1. The Hall–Kier alpha value is -3.41. The van der Waals surface area contributed by atoms with Gasteiger partial charge in [0.1, 0.15) is 0 Å². The van der Waals surface area contributed by atoms with Crippen LogP contribution < -0.4 is 5.32 Å². The molecule has 1 N–H and O–H groups in total. The highest BCUT2D eigenvalue weighted by Crippen LogP contribution is 2.28. The summed E-state index contributed by atoms with van der Waals surface area (Å²) < 4.78 is 6.99. The van der Waals surface area contributed by atoms with Gasteiger partial charge in [0.15, 0.2) is 5.92 Å². The molecule has 1 atom stereocenters. The first-order valence-corrected chi connectivity index (χ1v) is 9.16. The largest absolute Gasteiger partial charge is 0.462 e. The minimum absolute atomic E-state index is 0.158. The Morgan fingerprint density at radius 1 is 1.07 bits per heavy atom. The highest BCUT2D eigenvalue weighted by atomic mass is 16.5. The van der Waals surface area contributed by atoms with Crippen LogP contribution in [0.15, 0.2) is 73.3 Å². The van der Waals surface area contributed by atoms with Crippen molar-refractivity contribution in [3.8, 4) is 11.1 Å². The van der Waals surface area contributed by atoms with E-state index in [1.54, 1.807) is 37.1 Å². The first-order chi connectivity index (χ1) is 13.5. The number of rotatable bonds is 7. The Morgan fingerprint density at radius 3 is 2.46 bits per heavy atom. The molecule has 0 saturated heterocycles. The summed E-state index contributed by atoms with van der Waals surface area (Å²) in [5.41, 5.74) is 2.51. The Morgan fingerprint density at radius 2 is 1.79 bits per heavy atom. The van der Waals surface area contributed by atoms with E-state index in [4.69, 9.17) is 4.74 Å². The number of anilines is 1. The van der Waals surface area contributed by atoms with Crippen LogP contribution in [-0.4, -0.2) is 27.5 Å². The van der Waals surface area contributed by atoms with Crippen LogP contribution in [0.1, 0.15) is 13.8 Å². The van der Waals surface area contributed by atoms with Crippen molar-refractivity contribution in [3.05, 3.63) is 73.3 Å². The maximum Gasteiger partial charge on any atom is 0.320 e. The predicted octanol–water partition coefficient (Wildman–Crippen LogP) is 3.76. The number of benzene rings is 2. The van der Waals surface area contributed by atoms with Gasteiger partial charge in [-0.2, -0.15) is 0 Å². The molecule has 0 unspecified atom stereocenters. The molecule has 0 aliphatic rings. The lowest BCUT2D eigenvalue weighted by Gasteiger charge is -2.19. The van der Waals surface area contributed by atoms with Gasteiger partial charge in [0.25, 0.3) is 0 Å². The number of nitrogens with one attached hydrogen (secondary N) is 1. The van der Waals surface area contributed by atoms with Gasteiger partial charge in [-0.3, -0.25) is 9.59 Å². The SMILES string of the molecule is CC(C)OC(=O)[C@@H](Cn1ccnc1)C(=O)Nc1ccccc1-c1ccccc1. The van der Waals surface area contributed by atoms with E-state index in [9.17, 15) is 9.59 Å². The van der Waals surface area contributed by atoms with E-state index in [1.807, 2.05) is 54.6 Å². The minimum Gasteiger partial charge on any atom is -0.462 e. The summed E-state index contributed by atoms with van der Waals surface area (Å²) in [5, 5.41) is 2.90. The first-order valence-electron chi connectivity index (χ1n) is 9.16. The highest BCUT2D eigenvalue weighted by molar-refractivity contribution is 6.06. The molecular weight excluding hydrogens is 354 g/mol. The number of carbonyl (C=O) groups excluding carboxylic acids is 2. The molecule has 3 rings (SSSR count). The Labute approximate surface area is 164 Å². The van der Waals surface area contributed by atoms with Gasteiger partial charge in [-0.1, -0.05) is 48.5 Å². The second-order valence-electron chi connectivity index (χ2n) is 6.70. The number of amides is 1. The maximum atomic E-state index is 13.0. The van der Waals surface area contributed by atoms with Crippen LogP contribution in [0.3, 0.4) is 0 Å². The molecule has 1 aromatic heterocycles. The quantitative estimate of drug-likeness (QED) is 0.503. The maximum absolute atomic E-state index is 13.0. The third-order valence-electron chi connectivity index (χ3n) is 4.18. The van der Waals surface area contributed by atoms with Crippen molar-refractivity contribution in [2.24, 2.45) is 5.92 Å². The molecule has 28 heavy (non-hydrogen) atoms. The van der Waals surface area contributed by atoms with Crippen molar-refractivity contribution in [1.82, 2.24) is 9.55 Å². The van der Waals surface area contributed by atoms with Crippen LogP contribution in [0.25, 0.3) is 11.1 Å². The summed E-state index contributed by atoms with van der Waals surface area (Å²) in [7, 11) is 0. The van der Waals surface area contributed by atoms with Crippen LogP contribution in [0.4, 0.5) is 5.69 Å². The number of aromatic nitrogens is 2. The number of hydrogen-bond acceptors (Lipinski definition) is 4. The van der Waals surface area contributed by atoms with Crippen molar-refractivity contribution in [2.45, 2.75) is 26.5 Å². The summed E-state index contributed by atoms with van der Waals surface area (Å²) in [6.45, 7) is 3.68. The highest BCUT2D eigenvalue weighted by Gasteiger charge is 2.30. The normalized spacial score (nSPS) is 11.8. The molecule has 0 aliphatic heterocycles. The Bertz CT molecular complexity index is 921. The van der Waals surface area contributed by atoms with E-state index < -0.39 is 17.8 Å². The smallest absolute Gasteiger partial charge is 0.320 e. The lowest BCUT2D eigenvalue weighted by molar-refractivity contribution is -0.155. The molecule has 0 bridgehead atoms. The summed E-state index contributed by atoms with van der Waals surface area (Å²) in [4.78, 5) is 29.5. The van der Waals surface area contributed by atoms with Gasteiger partial charge in [-0.05, 0) is 25.5 Å². The van der Waals surface area contributed by atoms with Crippen molar-refractivity contribution < 1.29 is 14.3 Å². The van der Waals surface area contributed by atoms with E-state index in [0.717, 1.165) is 11.1 Å². The number of nitrogens with zero attached hydrogens (tertiary/aromatic N) is 2. The fourth-order valence-corrected chi connectivity index (χ4v) is 2.87. The van der Waals surface area contributed by atoms with Gasteiger partial charge < -0.3 is 14.6 Å². The number of hydrogen-bond donors (Lipinski definition) is 1. The summed E-state index contributed by atoms with van der Waals surface area (Å²) in [6.07, 6.45) is 4.58. The predicted molar refractivity (Wildman–Crippen MR) is 107 cm³/mol. The molecule has 0 aliphatic carbocycles. The molecule has 1 amide bonds. The van der Waals surface area contributed by atoms with Crippen LogP contribution in [0.5, 0.6) is 0 Å². The molecule has 1 heterocycles. The molecule has 2 aromatic carbocycles. The van der Waals surface area contributed by atoms with Crippen molar-refractivity contribution >= 4 is 17.6 Å². The van der Waals surface area contributed by atoms with Crippen molar-refractivity contribution in [3.63, 3.8) is 0 Å².